The van der Waals surface area contributed by atoms with Crippen LogP contribution in [0.2, 0.25) is 0 Å². The van der Waals surface area contributed by atoms with Crippen LogP contribution in [0.1, 0.15) is 57.2 Å². The highest BCUT2D eigenvalue weighted by atomic mass is 79.9. The lowest BCUT2D eigenvalue weighted by Gasteiger charge is -2.31. The number of nitrogens with one attached hydrogen (secondary N) is 1. The van der Waals surface area contributed by atoms with Crippen LogP contribution in [-0.4, -0.2) is 35.9 Å². The molecule has 1 N–H and O–H groups in total. The Morgan fingerprint density at radius 2 is 1.63 bits per heavy atom. The number of halogens is 1. The second-order valence-electron chi connectivity index (χ2n) is 10.6. The molecule has 0 bridgehead atoms. The average Bonchev–Trinajstić information content (AvgIpc) is 2.89. The van der Waals surface area contributed by atoms with E-state index in [1.807, 2.05) is 78.9 Å². The maximum absolute atomic E-state index is 13.7. The third kappa shape index (κ3) is 9.02. The van der Waals surface area contributed by atoms with Crippen LogP contribution in [0.25, 0.3) is 0 Å². The van der Waals surface area contributed by atoms with Crippen molar-refractivity contribution < 1.29 is 14.3 Å². The molecule has 1 unspecified atom stereocenters. The Morgan fingerprint density at radius 1 is 0.947 bits per heavy atom. The first-order valence-corrected chi connectivity index (χ1v) is 14.1. The molecular formula is C32H39BrN2O3. The lowest BCUT2D eigenvalue weighted by atomic mass is 9.87. The third-order valence-corrected chi connectivity index (χ3v) is 6.92. The molecule has 0 fully saturated rings. The van der Waals surface area contributed by atoms with Gasteiger partial charge in [-0.3, -0.25) is 9.59 Å². The van der Waals surface area contributed by atoms with Crippen LogP contribution >= 0.6 is 15.9 Å². The van der Waals surface area contributed by atoms with E-state index >= 15 is 0 Å². The molecular weight excluding hydrogens is 540 g/mol. The van der Waals surface area contributed by atoms with Crippen molar-refractivity contribution in [2.45, 2.75) is 65.0 Å². The van der Waals surface area contributed by atoms with Crippen LogP contribution in [0.15, 0.2) is 83.3 Å². The minimum absolute atomic E-state index is 0.0326. The number of carbonyl (C=O) groups is 2. The molecule has 0 saturated heterocycles. The molecule has 3 rings (SSSR count). The molecule has 5 nitrogen and oxygen atoms in total. The van der Waals surface area contributed by atoms with Gasteiger partial charge in [0.25, 0.3) is 5.91 Å². The lowest BCUT2D eigenvalue weighted by Crippen LogP contribution is -2.51. The molecule has 0 heterocycles. The molecule has 0 aliphatic heterocycles. The van der Waals surface area contributed by atoms with Crippen molar-refractivity contribution in [2.24, 2.45) is 0 Å². The van der Waals surface area contributed by atoms with Crippen molar-refractivity contribution >= 4 is 27.7 Å². The first-order chi connectivity index (χ1) is 18.2. The van der Waals surface area contributed by atoms with Crippen molar-refractivity contribution in [3.63, 3.8) is 0 Å². The maximum Gasteiger partial charge on any atom is 0.261 e. The minimum atomic E-state index is -0.674. The highest BCUT2D eigenvalue weighted by Gasteiger charge is 2.30. The van der Waals surface area contributed by atoms with E-state index in [0.29, 0.717) is 25.3 Å². The zero-order valence-electron chi connectivity index (χ0n) is 22.9. The van der Waals surface area contributed by atoms with Gasteiger partial charge < -0.3 is 15.0 Å². The maximum atomic E-state index is 13.7. The average molecular weight is 580 g/mol. The van der Waals surface area contributed by atoms with E-state index in [0.717, 1.165) is 28.4 Å². The summed E-state index contributed by atoms with van der Waals surface area (Å²) in [6, 6.07) is 24.8. The monoisotopic (exact) mass is 578 g/mol. The van der Waals surface area contributed by atoms with Crippen molar-refractivity contribution in [2.75, 3.05) is 13.2 Å². The van der Waals surface area contributed by atoms with Crippen LogP contribution in [0, 0.1) is 0 Å². The first-order valence-electron chi connectivity index (χ1n) is 13.3. The summed E-state index contributed by atoms with van der Waals surface area (Å²) in [5, 5.41) is 3.05. The zero-order valence-corrected chi connectivity index (χ0v) is 24.5. The minimum Gasteiger partial charge on any atom is -0.484 e. The van der Waals surface area contributed by atoms with Crippen molar-refractivity contribution in [1.82, 2.24) is 10.2 Å². The van der Waals surface area contributed by atoms with Crippen LogP contribution in [0.4, 0.5) is 0 Å². The summed E-state index contributed by atoms with van der Waals surface area (Å²) in [5.74, 6) is 0.234. The molecule has 0 aromatic heterocycles. The number of benzene rings is 3. The van der Waals surface area contributed by atoms with Crippen molar-refractivity contribution in [3.8, 4) is 5.75 Å². The Morgan fingerprint density at radius 3 is 2.26 bits per heavy atom. The summed E-state index contributed by atoms with van der Waals surface area (Å²) in [5.41, 5.74) is 3.15. The van der Waals surface area contributed by atoms with Gasteiger partial charge in [-0.1, -0.05) is 105 Å². The fourth-order valence-corrected chi connectivity index (χ4v) is 4.62. The predicted octanol–water partition coefficient (Wildman–Crippen LogP) is 6.68. The number of hydrogen-bond acceptors (Lipinski definition) is 3. The number of nitrogens with zero attached hydrogens (tertiary/aromatic N) is 1. The molecule has 0 aliphatic rings. The summed E-state index contributed by atoms with van der Waals surface area (Å²) in [7, 11) is 0. The molecule has 3 aromatic rings. The highest BCUT2D eigenvalue weighted by molar-refractivity contribution is 9.10. The first kappa shape index (κ1) is 29.4. The standard InChI is InChI=1S/C32H39BrN2O3/c1-5-6-19-34-31(37)29(21-24-11-8-7-9-12-24)35(22-25-13-10-14-27(33)20-25)30(36)23-38-28-17-15-26(16-18-28)32(2,3)4/h7-18,20,29H,5-6,19,21-23H2,1-4H3,(H,34,37). The van der Waals surface area contributed by atoms with Gasteiger partial charge in [-0.05, 0) is 52.8 Å². The molecule has 0 saturated carbocycles. The highest BCUT2D eigenvalue weighted by Crippen LogP contribution is 2.24. The smallest absolute Gasteiger partial charge is 0.261 e. The van der Waals surface area contributed by atoms with E-state index in [1.165, 1.54) is 5.56 Å². The van der Waals surface area contributed by atoms with Gasteiger partial charge in [0.2, 0.25) is 5.91 Å². The third-order valence-electron chi connectivity index (χ3n) is 6.43. The Hall–Kier alpha value is -3.12. The van der Waals surface area contributed by atoms with E-state index in [9.17, 15) is 9.59 Å². The summed E-state index contributed by atoms with van der Waals surface area (Å²) in [4.78, 5) is 28.8. The Kier molecular flexibility index (Phi) is 11.0. The van der Waals surface area contributed by atoms with Gasteiger partial charge in [-0.15, -0.1) is 0 Å². The normalized spacial score (nSPS) is 12.0. The molecule has 0 aliphatic carbocycles. The number of carbonyl (C=O) groups excluding carboxylic acids is 2. The quantitative estimate of drug-likeness (QED) is 0.244. The van der Waals surface area contributed by atoms with Crippen molar-refractivity contribution in [1.29, 1.82) is 0 Å². The van der Waals surface area contributed by atoms with E-state index in [2.05, 4.69) is 48.9 Å². The molecule has 2 amide bonds. The molecule has 38 heavy (non-hydrogen) atoms. The van der Waals surface area contributed by atoms with Gasteiger partial charge in [-0.2, -0.15) is 0 Å². The second kappa shape index (κ2) is 14.1. The van der Waals surface area contributed by atoms with Gasteiger partial charge in [-0.25, -0.2) is 0 Å². The zero-order chi connectivity index (χ0) is 27.5. The van der Waals surface area contributed by atoms with E-state index in [4.69, 9.17) is 4.74 Å². The molecule has 202 valence electrons. The van der Waals surface area contributed by atoms with E-state index in [-0.39, 0.29) is 23.8 Å². The fraction of sp³-hybridized carbons (Fsp3) is 0.375. The molecule has 1 atom stereocenters. The summed E-state index contributed by atoms with van der Waals surface area (Å²) < 4.78 is 6.85. The van der Waals surface area contributed by atoms with Crippen LogP contribution < -0.4 is 10.1 Å². The Bertz CT molecular complexity index is 1170. The molecule has 6 heteroatoms. The van der Waals surface area contributed by atoms with Gasteiger partial charge in [0, 0.05) is 24.0 Å². The number of unbranched alkanes of at least 4 members (excludes halogenated alkanes) is 1. The summed E-state index contributed by atoms with van der Waals surface area (Å²) in [6.07, 6.45) is 2.28. The van der Waals surface area contributed by atoms with Crippen LogP contribution in [0.3, 0.4) is 0 Å². The number of ether oxygens (including phenoxy) is 1. The van der Waals surface area contributed by atoms with E-state index < -0.39 is 6.04 Å². The number of hydrogen-bond donors (Lipinski definition) is 1. The summed E-state index contributed by atoms with van der Waals surface area (Å²) >= 11 is 3.52. The van der Waals surface area contributed by atoms with Gasteiger partial charge in [0.1, 0.15) is 11.8 Å². The lowest BCUT2D eigenvalue weighted by molar-refractivity contribution is -0.142. The molecule has 0 spiro atoms. The van der Waals surface area contributed by atoms with E-state index in [1.54, 1.807) is 4.90 Å². The number of amides is 2. The SMILES string of the molecule is CCCCNC(=O)C(Cc1ccccc1)N(Cc1cccc(Br)c1)C(=O)COc1ccc(C(C)(C)C)cc1. The van der Waals surface area contributed by atoms with Gasteiger partial charge in [0.15, 0.2) is 6.61 Å². The Balaban J connectivity index is 1.86. The second-order valence-corrected chi connectivity index (χ2v) is 11.5. The molecule has 3 aromatic carbocycles. The largest absolute Gasteiger partial charge is 0.484 e. The summed E-state index contributed by atoms with van der Waals surface area (Å²) in [6.45, 7) is 9.28. The van der Waals surface area contributed by atoms with Crippen LogP contribution in [-0.2, 0) is 28.0 Å². The Labute approximate surface area is 235 Å². The predicted molar refractivity (Wildman–Crippen MR) is 157 cm³/mol. The topological polar surface area (TPSA) is 58.6 Å². The van der Waals surface area contributed by atoms with Gasteiger partial charge >= 0.3 is 0 Å². The van der Waals surface area contributed by atoms with Gasteiger partial charge in [0.05, 0.1) is 0 Å². The molecule has 0 radical (unpaired) electrons. The van der Waals surface area contributed by atoms with Crippen LogP contribution in [0.5, 0.6) is 5.75 Å². The van der Waals surface area contributed by atoms with Crippen molar-refractivity contribution in [3.05, 3.63) is 100 Å². The fourth-order valence-electron chi connectivity index (χ4n) is 4.17. The number of rotatable bonds is 12.